The molecule has 3 atom stereocenters. The maximum atomic E-state index is 13.5. The number of halogens is 1. The van der Waals surface area contributed by atoms with Crippen LogP contribution in [0.3, 0.4) is 0 Å². The monoisotopic (exact) mass is 533 g/mol. The molecule has 1 fully saturated rings. The van der Waals surface area contributed by atoms with Crippen LogP contribution in [0.4, 0.5) is 11.4 Å². The maximum Gasteiger partial charge on any atom is 0.305 e. The average Bonchev–Trinajstić information content (AvgIpc) is 3.24. The summed E-state index contributed by atoms with van der Waals surface area (Å²) in [6.07, 6.45) is 0. The van der Waals surface area contributed by atoms with Crippen LogP contribution in [0, 0.1) is 16.0 Å². The first-order chi connectivity index (χ1) is 15.3. The van der Waals surface area contributed by atoms with Gasteiger partial charge in [0.25, 0.3) is 5.69 Å². The van der Waals surface area contributed by atoms with Crippen molar-refractivity contribution in [2.24, 2.45) is 5.92 Å². The van der Waals surface area contributed by atoms with Gasteiger partial charge in [-0.15, -0.1) is 0 Å². The number of nitro benzene ring substituents is 1. The minimum absolute atomic E-state index is 0.129. The van der Waals surface area contributed by atoms with Crippen LogP contribution in [0.15, 0.2) is 56.8 Å². The van der Waals surface area contributed by atoms with Crippen LogP contribution in [0.25, 0.3) is 0 Å². The molecule has 5 rings (SSSR count). The number of aromatic nitrogens is 1. The normalized spacial score (nSPS) is 22.0. The Morgan fingerprint density at radius 3 is 2.50 bits per heavy atom. The summed E-state index contributed by atoms with van der Waals surface area (Å²) >= 11 is 5.29. The Labute approximate surface area is 196 Å². The van der Waals surface area contributed by atoms with Gasteiger partial charge in [0, 0.05) is 33.0 Å². The Hall–Kier alpha value is -2.96. The molecule has 0 radical (unpaired) electrons. The van der Waals surface area contributed by atoms with E-state index in [9.17, 15) is 29.6 Å². The third-order valence-corrected chi connectivity index (χ3v) is 8.40. The number of H-pyrrole nitrogens is 1. The number of amides is 2. The summed E-state index contributed by atoms with van der Waals surface area (Å²) < 4.78 is 0.784. The van der Waals surface area contributed by atoms with Crippen LogP contribution in [0.1, 0.15) is 16.4 Å². The van der Waals surface area contributed by atoms with E-state index >= 15 is 0 Å². The first-order valence-corrected chi connectivity index (χ1v) is 11.8. The van der Waals surface area contributed by atoms with E-state index in [0.717, 1.165) is 38.5 Å². The molecule has 0 saturated carbocycles. The fourth-order valence-electron chi connectivity index (χ4n) is 4.10. The van der Waals surface area contributed by atoms with Crippen LogP contribution in [0.5, 0.6) is 5.75 Å². The molecule has 1 saturated heterocycles. The first kappa shape index (κ1) is 20.9. The zero-order valence-corrected chi connectivity index (χ0v) is 19.1. The number of imide groups is 1. The third kappa shape index (κ3) is 3.17. The number of fused-ring (bicyclic) bond motifs is 2. The van der Waals surface area contributed by atoms with Crippen LogP contribution in [0.2, 0.25) is 0 Å². The lowest BCUT2D eigenvalue weighted by Gasteiger charge is -2.30. The van der Waals surface area contributed by atoms with E-state index in [1.165, 1.54) is 12.1 Å². The van der Waals surface area contributed by atoms with Crippen LogP contribution >= 0.6 is 39.0 Å². The van der Waals surface area contributed by atoms with Gasteiger partial charge in [0.2, 0.25) is 11.8 Å². The van der Waals surface area contributed by atoms with Gasteiger partial charge in [0.05, 0.1) is 21.6 Å². The fourth-order valence-corrected chi connectivity index (χ4v) is 6.87. The van der Waals surface area contributed by atoms with Crippen molar-refractivity contribution in [2.75, 3.05) is 4.90 Å². The number of nitrogens with one attached hydrogen (secondary N) is 1. The standard InChI is InChI=1S/C20H12BrN3O6S2/c21-8-1-3-9(4-2-8)23-18(26)14-13(11-7-10(24(29)30)5-6-12(11)25)15-17(22-20(28)32-15)31-16(14)19(23)27/h1-7,13-14,16,25H,(H,22,28)/t13-,14+,16+/m0/s1. The molecular formula is C20H12BrN3O6S2. The number of thiazole rings is 1. The number of carbonyl (C=O) groups excluding carboxylic acids is 2. The van der Waals surface area contributed by atoms with E-state index in [1.54, 1.807) is 24.3 Å². The van der Waals surface area contributed by atoms with Gasteiger partial charge in [-0.1, -0.05) is 39.0 Å². The molecule has 2 aliphatic heterocycles. The van der Waals surface area contributed by atoms with Gasteiger partial charge in [0.1, 0.15) is 11.0 Å². The number of phenolic OH excluding ortho intramolecular Hbond substituents is 1. The van der Waals surface area contributed by atoms with E-state index in [1.807, 2.05) is 0 Å². The molecule has 2 aliphatic rings. The van der Waals surface area contributed by atoms with Crippen molar-refractivity contribution >= 4 is 62.2 Å². The van der Waals surface area contributed by atoms with Crippen molar-refractivity contribution < 1.29 is 19.6 Å². The van der Waals surface area contributed by atoms with Crippen LogP contribution in [-0.4, -0.2) is 32.1 Å². The fraction of sp³-hybridized carbons (Fsp3) is 0.150. The SMILES string of the molecule is O=C1[C@@H]2[C@H](c3cc([N+](=O)[O-])ccc3O)c3sc(=O)[nH]c3S[C@H]2C(=O)N1c1ccc(Br)cc1. The summed E-state index contributed by atoms with van der Waals surface area (Å²) in [7, 11) is 0. The van der Waals surface area contributed by atoms with Crippen molar-refractivity contribution in [3.8, 4) is 5.75 Å². The third-order valence-electron chi connectivity index (χ3n) is 5.47. The zero-order valence-electron chi connectivity index (χ0n) is 15.9. The number of nitro groups is 1. The molecule has 0 unspecified atom stereocenters. The number of aromatic hydroxyl groups is 1. The molecule has 1 aromatic heterocycles. The maximum absolute atomic E-state index is 13.5. The highest BCUT2D eigenvalue weighted by atomic mass is 79.9. The van der Waals surface area contributed by atoms with E-state index < -0.39 is 33.8 Å². The van der Waals surface area contributed by atoms with Crippen LogP contribution < -0.4 is 9.77 Å². The molecule has 0 aliphatic carbocycles. The second kappa shape index (κ2) is 7.57. The van der Waals surface area contributed by atoms with Crippen molar-refractivity contribution in [2.45, 2.75) is 16.2 Å². The van der Waals surface area contributed by atoms with Gasteiger partial charge in [-0.25, -0.2) is 4.90 Å². The topological polar surface area (TPSA) is 134 Å². The summed E-state index contributed by atoms with van der Waals surface area (Å²) in [5, 5.41) is 21.5. The van der Waals surface area contributed by atoms with Gasteiger partial charge in [-0.2, -0.15) is 0 Å². The number of anilines is 1. The summed E-state index contributed by atoms with van der Waals surface area (Å²) in [5.41, 5.74) is 0.264. The highest BCUT2D eigenvalue weighted by molar-refractivity contribution is 9.10. The molecular weight excluding hydrogens is 522 g/mol. The summed E-state index contributed by atoms with van der Waals surface area (Å²) in [6, 6.07) is 10.2. The van der Waals surface area contributed by atoms with E-state index in [-0.39, 0.29) is 21.9 Å². The number of phenols is 1. The second-order valence-corrected chi connectivity index (χ2v) is 10.3. The van der Waals surface area contributed by atoms with Crippen molar-refractivity contribution in [1.82, 2.24) is 4.98 Å². The molecule has 2 aromatic carbocycles. The predicted molar refractivity (Wildman–Crippen MR) is 121 cm³/mol. The Morgan fingerprint density at radius 2 is 1.81 bits per heavy atom. The minimum atomic E-state index is -0.942. The van der Waals surface area contributed by atoms with Gasteiger partial charge in [-0.3, -0.25) is 24.5 Å². The number of carbonyl (C=O) groups is 2. The first-order valence-electron chi connectivity index (χ1n) is 9.26. The number of aromatic amines is 1. The average molecular weight is 534 g/mol. The Balaban J connectivity index is 1.69. The van der Waals surface area contributed by atoms with Gasteiger partial charge in [-0.05, 0) is 30.3 Å². The summed E-state index contributed by atoms with van der Waals surface area (Å²) in [5.74, 6) is -3.02. The minimum Gasteiger partial charge on any atom is -0.508 e. The summed E-state index contributed by atoms with van der Waals surface area (Å²) in [6.45, 7) is 0. The number of hydrogen-bond acceptors (Lipinski definition) is 8. The lowest BCUT2D eigenvalue weighted by Crippen LogP contribution is -2.32. The van der Waals surface area contributed by atoms with Crippen molar-refractivity contribution in [3.63, 3.8) is 0 Å². The number of nitrogens with zero attached hydrogens (tertiary/aromatic N) is 2. The van der Waals surface area contributed by atoms with Crippen molar-refractivity contribution in [3.05, 3.63) is 77.2 Å². The van der Waals surface area contributed by atoms with E-state index in [0.29, 0.717) is 15.6 Å². The van der Waals surface area contributed by atoms with Crippen molar-refractivity contribution in [1.29, 1.82) is 0 Å². The molecule has 2 N–H and O–H groups in total. The number of non-ortho nitro benzene ring substituents is 1. The Morgan fingerprint density at radius 1 is 1.09 bits per heavy atom. The quantitative estimate of drug-likeness (QED) is 0.298. The molecule has 0 spiro atoms. The van der Waals surface area contributed by atoms with Gasteiger partial charge >= 0.3 is 4.87 Å². The van der Waals surface area contributed by atoms with E-state index in [2.05, 4.69) is 20.9 Å². The van der Waals surface area contributed by atoms with E-state index in [4.69, 9.17) is 0 Å². The molecule has 9 nitrogen and oxygen atoms in total. The lowest BCUT2D eigenvalue weighted by atomic mass is 9.82. The summed E-state index contributed by atoms with van der Waals surface area (Å²) in [4.78, 5) is 53.6. The Bertz CT molecular complexity index is 1350. The molecule has 3 heterocycles. The van der Waals surface area contributed by atoms with Gasteiger partial charge in [0.15, 0.2) is 0 Å². The molecule has 32 heavy (non-hydrogen) atoms. The number of benzene rings is 2. The number of rotatable bonds is 3. The molecule has 0 bridgehead atoms. The highest BCUT2D eigenvalue weighted by Gasteiger charge is 2.56. The molecule has 3 aromatic rings. The zero-order chi connectivity index (χ0) is 22.7. The van der Waals surface area contributed by atoms with Crippen LogP contribution in [-0.2, 0) is 9.59 Å². The molecule has 2 amide bonds. The smallest absolute Gasteiger partial charge is 0.305 e. The Kier molecular flexibility index (Phi) is 4.95. The lowest BCUT2D eigenvalue weighted by molar-refractivity contribution is -0.385. The predicted octanol–water partition coefficient (Wildman–Crippen LogP) is 3.61. The number of hydrogen-bond donors (Lipinski definition) is 2. The molecule has 162 valence electrons. The second-order valence-electron chi connectivity index (χ2n) is 7.24. The highest BCUT2D eigenvalue weighted by Crippen LogP contribution is 2.54. The van der Waals surface area contributed by atoms with Gasteiger partial charge < -0.3 is 10.1 Å². The largest absolute Gasteiger partial charge is 0.508 e. The molecule has 12 heteroatoms. The number of thioether (sulfide) groups is 1.